The van der Waals surface area contributed by atoms with E-state index in [1.807, 2.05) is 0 Å². The molecule has 0 aliphatic heterocycles. The molecule has 0 saturated heterocycles. The molecule has 0 N–H and O–H groups in total. The fourth-order valence-electron chi connectivity index (χ4n) is 2.21. The zero-order chi connectivity index (χ0) is 14.8. The molecule has 19 heavy (non-hydrogen) atoms. The molecule has 3 unspecified atom stereocenters. The third-order valence-electron chi connectivity index (χ3n) is 3.32. The molecule has 2 aliphatic carbocycles. The Hall–Kier alpha value is 0.690. The van der Waals surface area contributed by atoms with Crippen LogP contribution in [0.1, 0.15) is 13.3 Å². The molecule has 2 aliphatic rings. The number of allylic oxidation sites excluding steroid dienone is 1. The Balaban J connectivity index is 2.45. The van der Waals surface area contributed by atoms with E-state index >= 15 is 0 Å². The fraction of sp³-hybridized carbons (Fsp3) is 0.545. The molecule has 0 aromatic rings. The van der Waals surface area contributed by atoms with Gasteiger partial charge in [0.2, 0.25) is 0 Å². The summed E-state index contributed by atoms with van der Waals surface area (Å²) in [7, 11) is 0. The maximum atomic E-state index is 11.6. The van der Waals surface area contributed by atoms with Gasteiger partial charge in [0.25, 0.3) is 0 Å². The van der Waals surface area contributed by atoms with Crippen molar-refractivity contribution in [3.8, 4) is 0 Å². The van der Waals surface area contributed by atoms with Crippen LogP contribution in [0.2, 0.25) is 0 Å². The summed E-state index contributed by atoms with van der Waals surface area (Å²) in [6.45, 7) is 4.99. The molecule has 2 rings (SSSR count). The molecule has 0 aromatic carbocycles. The van der Waals surface area contributed by atoms with Crippen molar-refractivity contribution in [2.45, 2.75) is 33.5 Å². The Morgan fingerprint density at radius 2 is 1.79 bits per heavy atom. The topological polar surface area (TPSA) is 26.3 Å². The highest BCUT2D eigenvalue weighted by atomic mass is 35.5. The molecule has 3 atom stereocenters. The molecule has 2 nitrogen and oxygen atoms in total. The largest absolute Gasteiger partial charge is 0.457 e. The van der Waals surface area contributed by atoms with E-state index in [-0.39, 0.29) is 22.1 Å². The number of hydrogen-bond donors (Lipinski definition) is 0. The van der Waals surface area contributed by atoms with E-state index in [2.05, 4.69) is 6.58 Å². The van der Waals surface area contributed by atoms with Crippen molar-refractivity contribution >= 4 is 75.6 Å². The Labute approximate surface area is 140 Å². The van der Waals surface area contributed by atoms with Crippen LogP contribution in [-0.2, 0) is 9.53 Å². The molecule has 1 fully saturated rings. The number of ether oxygens (including phenoxy) is 1. The first-order valence-corrected chi connectivity index (χ1v) is 7.45. The van der Waals surface area contributed by atoms with Gasteiger partial charge >= 0.3 is 5.97 Å². The number of alkyl halides is 4. The van der Waals surface area contributed by atoms with Crippen molar-refractivity contribution in [3.05, 3.63) is 22.2 Å². The lowest BCUT2D eigenvalue weighted by atomic mass is 10.0. The van der Waals surface area contributed by atoms with Crippen molar-refractivity contribution in [2.24, 2.45) is 0 Å². The van der Waals surface area contributed by atoms with E-state index in [4.69, 9.17) is 74.3 Å². The highest BCUT2D eigenvalue weighted by Crippen LogP contribution is 2.72. The first-order chi connectivity index (χ1) is 8.50. The summed E-state index contributed by atoms with van der Waals surface area (Å²) in [6.07, 6.45) is -0.820. The second kappa shape index (κ2) is 4.59. The predicted molar refractivity (Wildman–Crippen MR) is 79.6 cm³/mol. The molecule has 1 saturated carbocycles. The number of rotatable bonds is 2. The summed E-state index contributed by atoms with van der Waals surface area (Å²) in [6, 6.07) is 0. The van der Waals surface area contributed by atoms with Gasteiger partial charge in [0, 0.05) is 12.0 Å². The van der Waals surface area contributed by atoms with Crippen LogP contribution in [0.5, 0.6) is 0 Å². The molecular formula is C11H8Cl6O2. The van der Waals surface area contributed by atoms with Gasteiger partial charge in [0.15, 0.2) is 9.21 Å². The number of fused-ring (bicyclic) bond motifs is 2. The van der Waals surface area contributed by atoms with Crippen LogP contribution >= 0.6 is 69.6 Å². The molecule has 0 spiro atoms. The summed E-state index contributed by atoms with van der Waals surface area (Å²) in [5, 5.41) is 0.0834. The van der Waals surface area contributed by atoms with Crippen molar-refractivity contribution in [2.75, 3.05) is 0 Å². The summed E-state index contributed by atoms with van der Waals surface area (Å²) >= 11 is 37.4. The second-order valence-electron chi connectivity index (χ2n) is 4.59. The summed E-state index contributed by atoms with van der Waals surface area (Å²) in [5.41, 5.74) is 0.215. The number of esters is 1. The number of carbonyl (C=O) groups is 1. The van der Waals surface area contributed by atoms with Crippen LogP contribution in [0.3, 0.4) is 0 Å². The Bertz CT molecular complexity index is 513. The van der Waals surface area contributed by atoms with E-state index in [9.17, 15) is 4.79 Å². The maximum absolute atomic E-state index is 11.6. The number of carbonyl (C=O) groups excluding carboxylic acids is 1. The van der Waals surface area contributed by atoms with Crippen LogP contribution in [0, 0.1) is 0 Å². The van der Waals surface area contributed by atoms with Crippen LogP contribution in [0.25, 0.3) is 0 Å². The van der Waals surface area contributed by atoms with Gasteiger partial charge < -0.3 is 4.74 Å². The van der Waals surface area contributed by atoms with E-state index in [1.165, 1.54) is 6.92 Å². The Morgan fingerprint density at radius 1 is 1.26 bits per heavy atom. The minimum Gasteiger partial charge on any atom is -0.457 e. The van der Waals surface area contributed by atoms with Gasteiger partial charge in [-0.2, -0.15) is 0 Å². The van der Waals surface area contributed by atoms with E-state index in [1.54, 1.807) is 0 Å². The quantitative estimate of drug-likeness (QED) is 0.391. The Kier molecular flexibility index (Phi) is 3.88. The molecule has 8 heteroatoms. The lowest BCUT2D eigenvalue weighted by molar-refractivity contribution is -0.144. The van der Waals surface area contributed by atoms with Gasteiger partial charge in [-0.1, -0.05) is 53.0 Å². The maximum Gasteiger partial charge on any atom is 0.333 e. The second-order valence-corrected chi connectivity index (χ2v) is 7.92. The SMILES string of the molecule is C=C(C)C(=O)OC1CC2(Cl)C(Cl)=C(Cl)C1(Cl)C2(Cl)Cl. The highest BCUT2D eigenvalue weighted by Gasteiger charge is 2.79. The van der Waals surface area contributed by atoms with Gasteiger partial charge in [-0.15, -0.1) is 23.2 Å². The molecule has 0 radical (unpaired) electrons. The van der Waals surface area contributed by atoms with Crippen molar-refractivity contribution in [1.29, 1.82) is 0 Å². The van der Waals surface area contributed by atoms with Gasteiger partial charge in [-0.25, -0.2) is 4.79 Å². The lowest BCUT2D eigenvalue weighted by Crippen LogP contribution is -2.47. The average molecular weight is 385 g/mol. The molecule has 0 amide bonds. The summed E-state index contributed by atoms with van der Waals surface area (Å²) in [5.74, 6) is -0.623. The molecular weight excluding hydrogens is 377 g/mol. The molecule has 2 bridgehead atoms. The van der Waals surface area contributed by atoms with Crippen LogP contribution in [0.15, 0.2) is 22.2 Å². The minimum absolute atomic E-state index is 0.00148. The molecule has 0 heterocycles. The lowest BCUT2D eigenvalue weighted by Gasteiger charge is -2.33. The minimum atomic E-state index is -1.68. The molecule has 106 valence electrons. The van der Waals surface area contributed by atoms with Crippen molar-refractivity contribution in [3.63, 3.8) is 0 Å². The highest BCUT2D eigenvalue weighted by molar-refractivity contribution is 6.65. The zero-order valence-electron chi connectivity index (χ0n) is 9.58. The van der Waals surface area contributed by atoms with Gasteiger partial charge in [0.1, 0.15) is 11.0 Å². The van der Waals surface area contributed by atoms with E-state index < -0.39 is 26.2 Å². The van der Waals surface area contributed by atoms with Crippen molar-refractivity contribution in [1.82, 2.24) is 0 Å². The third kappa shape index (κ3) is 1.81. The van der Waals surface area contributed by atoms with Gasteiger partial charge in [0.05, 0.1) is 10.1 Å². The zero-order valence-corrected chi connectivity index (χ0v) is 14.1. The smallest absolute Gasteiger partial charge is 0.333 e. The average Bonchev–Trinajstić information content (AvgIpc) is 2.51. The summed E-state index contributed by atoms with van der Waals surface area (Å²) in [4.78, 5) is 8.67. The predicted octanol–water partition coefficient (Wildman–Crippen LogP) is 4.71. The monoisotopic (exact) mass is 382 g/mol. The van der Waals surface area contributed by atoms with Crippen molar-refractivity contribution < 1.29 is 9.53 Å². The number of hydrogen-bond acceptors (Lipinski definition) is 2. The Morgan fingerprint density at radius 3 is 2.16 bits per heavy atom. The standard InChI is InChI=1S/C11H8Cl6O2/c1-4(2)8(18)19-5-3-9(14)6(12)7(13)10(5,15)11(9,16)17/h5H,1,3H2,2H3. The van der Waals surface area contributed by atoms with Crippen LogP contribution in [0.4, 0.5) is 0 Å². The first-order valence-electron chi connectivity index (χ1n) is 5.18. The number of halogens is 6. The first kappa shape index (κ1) is 16.1. The van der Waals surface area contributed by atoms with E-state index in [0.29, 0.717) is 0 Å². The normalized spacial score (nSPS) is 39.6. The molecule has 0 aromatic heterocycles. The third-order valence-corrected chi connectivity index (χ3v) is 7.58. The van der Waals surface area contributed by atoms with Gasteiger partial charge in [-0.3, -0.25) is 0 Å². The van der Waals surface area contributed by atoms with Crippen LogP contribution < -0.4 is 0 Å². The van der Waals surface area contributed by atoms with Gasteiger partial charge in [-0.05, 0) is 6.92 Å². The van der Waals surface area contributed by atoms with E-state index in [0.717, 1.165) is 0 Å². The van der Waals surface area contributed by atoms with Crippen LogP contribution in [-0.4, -0.2) is 26.2 Å². The summed E-state index contributed by atoms with van der Waals surface area (Å²) < 4.78 is 3.55. The fourth-order valence-corrected chi connectivity index (χ4v) is 4.88.